The molecule has 0 aliphatic heterocycles. The number of carbonyl (C=O) groups is 1. The van der Waals surface area contributed by atoms with Crippen molar-refractivity contribution >= 4 is 21.7 Å². The summed E-state index contributed by atoms with van der Waals surface area (Å²) in [6.45, 7) is 4.89. The molecule has 0 fully saturated rings. The minimum atomic E-state index is -3.79. The van der Waals surface area contributed by atoms with Crippen molar-refractivity contribution in [2.45, 2.75) is 11.8 Å². The predicted octanol–water partition coefficient (Wildman–Crippen LogP) is 1.80. The number of aryl methyl sites for hydroxylation is 1. The van der Waals surface area contributed by atoms with Crippen molar-refractivity contribution in [3.05, 3.63) is 54.8 Å². The van der Waals surface area contributed by atoms with E-state index in [0.717, 1.165) is 4.31 Å². The first-order valence-electron chi connectivity index (χ1n) is 6.83. The van der Waals surface area contributed by atoms with E-state index in [1.54, 1.807) is 31.2 Å². The van der Waals surface area contributed by atoms with E-state index in [-0.39, 0.29) is 23.8 Å². The predicted molar refractivity (Wildman–Crippen MR) is 85.3 cm³/mol. The molecular formula is C15H17N3O4S. The van der Waals surface area contributed by atoms with Gasteiger partial charge in [0, 0.05) is 12.6 Å². The highest BCUT2D eigenvalue weighted by Gasteiger charge is 2.25. The van der Waals surface area contributed by atoms with Gasteiger partial charge in [-0.3, -0.25) is 4.79 Å². The zero-order chi connectivity index (χ0) is 16.9. The van der Waals surface area contributed by atoms with Crippen molar-refractivity contribution in [1.82, 2.24) is 9.46 Å². The van der Waals surface area contributed by atoms with Crippen molar-refractivity contribution in [1.29, 1.82) is 0 Å². The Morgan fingerprint density at radius 2 is 2.09 bits per heavy atom. The molecule has 8 heteroatoms. The Morgan fingerprint density at radius 1 is 1.39 bits per heavy atom. The van der Waals surface area contributed by atoms with Crippen LogP contribution in [-0.2, 0) is 14.8 Å². The van der Waals surface area contributed by atoms with Crippen LogP contribution in [0, 0.1) is 6.92 Å². The number of sulfonamides is 1. The number of hydrogen-bond donors (Lipinski definition) is 1. The van der Waals surface area contributed by atoms with Crippen molar-refractivity contribution in [3.8, 4) is 0 Å². The van der Waals surface area contributed by atoms with Gasteiger partial charge >= 0.3 is 0 Å². The van der Waals surface area contributed by atoms with Crippen LogP contribution in [0.1, 0.15) is 5.76 Å². The summed E-state index contributed by atoms with van der Waals surface area (Å²) >= 11 is 0. The van der Waals surface area contributed by atoms with Crippen molar-refractivity contribution in [2.75, 3.05) is 18.4 Å². The van der Waals surface area contributed by atoms with Gasteiger partial charge in [-0.1, -0.05) is 29.4 Å². The lowest BCUT2D eigenvalue weighted by atomic mass is 10.4. The lowest BCUT2D eigenvalue weighted by Crippen LogP contribution is -2.38. The number of amides is 1. The number of hydrogen-bond acceptors (Lipinski definition) is 5. The Bertz CT molecular complexity index is 784. The summed E-state index contributed by atoms with van der Waals surface area (Å²) < 4.78 is 31.0. The first-order valence-corrected chi connectivity index (χ1v) is 8.27. The van der Waals surface area contributed by atoms with E-state index in [1.807, 2.05) is 0 Å². The van der Waals surface area contributed by atoms with Gasteiger partial charge in [0.25, 0.3) is 0 Å². The third-order valence-electron chi connectivity index (χ3n) is 2.93. The van der Waals surface area contributed by atoms with Gasteiger partial charge in [-0.25, -0.2) is 8.42 Å². The smallest absolute Gasteiger partial charge is 0.243 e. The average Bonchev–Trinajstić information content (AvgIpc) is 2.92. The van der Waals surface area contributed by atoms with Gasteiger partial charge in [0.2, 0.25) is 15.9 Å². The van der Waals surface area contributed by atoms with Crippen molar-refractivity contribution in [3.63, 3.8) is 0 Å². The molecule has 2 rings (SSSR count). The number of rotatable bonds is 7. The fourth-order valence-corrected chi connectivity index (χ4v) is 3.29. The van der Waals surface area contributed by atoms with E-state index in [2.05, 4.69) is 17.1 Å². The van der Waals surface area contributed by atoms with E-state index in [4.69, 9.17) is 4.52 Å². The van der Waals surface area contributed by atoms with E-state index in [0.29, 0.717) is 5.76 Å². The van der Waals surface area contributed by atoms with Gasteiger partial charge in [-0.2, -0.15) is 4.31 Å². The molecule has 1 amide bonds. The third-order valence-corrected chi connectivity index (χ3v) is 4.76. The number of nitrogens with zero attached hydrogens (tertiary/aromatic N) is 2. The molecular weight excluding hydrogens is 318 g/mol. The van der Waals surface area contributed by atoms with Gasteiger partial charge in [0.05, 0.1) is 11.4 Å². The van der Waals surface area contributed by atoms with E-state index in [9.17, 15) is 13.2 Å². The zero-order valence-corrected chi connectivity index (χ0v) is 13.4. The molecule has 1 aromatic heterocycles. The molecule has 122 valence electrons. The second kappa shape index (κ2) is 7.21. The largest absolute Gasteiger partial charge is 0.360 e. The first kappa shape index (κ1) is 16.9. The van der Waals surface area contributed by atoms with E-state index in [1.165, 1.54) is 18.2 Å². The lowest BCUT2D eigenvalue weighted by molar-refractivity contribution is -0.116. The summed E-state index contributed by atoms with van der Waals surface area (Å²) in [6.07, 6.45) is 1.42. The molecule has 23 heavy (non-hydrogen) atoms. The van der Waals surface area contributed by atoms with Gasteiger partial charge in [-0.05, 0) is 19.1 Å². The Labute approximate surface area is 134 Å². The third kappa shape index (κ3) is 4.27. The minimum absolute atomic E-state index is 0.0164. The van der Waals surface area contributed by atoms with Gasteiger partial charge in [-0.15, -0.1) is 6.58 Å². The molecule has 1 aromatic carbocycles. The highest BCUT2D eigenvalue weighted by molar-refractivity contribution is 7.89. The van der Waals surface area contributed by atoms with Crippen LogP contribution in [0.3, 0.4) is 0 Å². The standard InChI is InChI=1S/C15H17N3O4S/c1-3-9-18(23(20,21)13-7-5-4-6-8-13)11-15(19)16-14-10-12(2)22-17-14/h3-8,10H,1,9,11H2,2H3,(H,16,17,19). The maximum absolute atomic E-state index is 12.6. The Kier molecular flexibility index (Phi) is 5.30. The maximum atomic E-state index is 12.6. The second-order valence-corrected chi connectivity index (χ2v) is 6.71. The topological polar surface area (TPSA) is 92.5 Å². The van der Waals surface area contributed by atoms with E-state index >= 15 is 0 Å². The molecule has 0 aliphatic carbocycles. The van der Waals surface area contributed by atoms with Crippen LogP contribution in [-0.4, -0.2) is 36.9 Å². The Morgan fingerprint density at radius 3 is 2.65 bits per heavy atom. The summed E-state index contributed by atoms with van der Waals surface area (Å²) in [7, 11) is -3.79. The van der Waals surface area contributed by atoms with Gasteiger partial charge in [0.15, 0.2) is 5.82 Å². The zero-order valence-electron chi connectivity index (χ0n) is 12.6. The van der Waals surface area contributed by atoms with Crippen LogP contribution in [0.15, 0.2) is 58.5 Å². The molecule has 0 saturated heterocycles. The molecule has 7 nitrogen and oxygen atoms in total. The van der Waals surface area contributed by atoms with E-state index < -0.39 is 15.9 Å². The average molecular weight is 335 g/mol. The van der Waals surface area contributed by atoms with Crippen molar-refractivity contribution in [2.24, 2.45) is 0 Å². The van der Waals surface area contributed by atoms with Crippen LogP contribution in [0.5, 0.6) is 0 Å². The quantitative estimate of drug-likeness (QED) is 0.779. The van der Waals surface area contributed by atoms with Crippen LogP contribution < -0.4 is 5.32 Å². The molecule has 1 N–H and O–H groups in total. The molecule has 0 spiro atoms. The van der Waals surface area contributed by atoms with Gasteiger partial charge < -0.3 is 9.84 Å². The molecule has 0 atom stereocenters. The summed E-state index contributed by atoms with van der Waals surface area (Å²) in [6, 6.07) is 9.46. The molecule has 0 bridgehead atoms. The molecule has 2 aromatic rings. The first-order chi connectivity index (χ1) is 10.9. The number of benzene rings is 1. The lowest BCUT2D eigenvalue weighted by Gasteiger charge is -2.19. The van der Waals surface area contributed by atoms with Crippen LogP contribution in [0.25, 0.3) is 0 Å². The number of anilines is 1. The van der Waals surface area contributed by atoms with Gasteiger partial charge in [0.1, 0.15) is 5.76 Å². The Balaban J connectivity index is 2.15. The Hall–Kier alpha value is -2.45. The normalized spacial score (nSPS) is 11.4. The summed E-state index contributed by atoms with van der Waals surface area (Å²) in [4.78, 5) is 12.2. The van der Waals surface area contributed by atoms with Crippen LogP contribution in [0.4, 0.5) is 5.82 Å². The van der Waals surface area contributed by atoms with Crippen LogP contribution in [0.2, 0.25) is 0 Å². The molecule has 1 heterocycles. The summed E-state index contributed by atoms with van der Waals surface area (Å²) in [5, 5.41) is 6.13. The highest BCUT2D eigenvalue weighted by atomic mass is 32.2. The molecule has 0 saturated carbocycles. The summed E-state index contributed by atoms with van der Waals surface area (Å²) in [5.41, 5.74) is 0. The molecule has 0 aliphatic rings. The molecule has 0 radical (unpaired) electrons. The monoisotopic (exact) mass is 335 g/mol. The fraction of sp³-hybridized carbons (Fsp3) is 0.200. The molecule has 0 unspecified atom stereocenters. The number of aromatic nitrogens is 1. The fourth-order valence-electron chi connectivity index (χ4n) is 1.90. The van der Waals surface area contributed by atoms with Crippen molar-refractivity contribution < 1.29 is 17.7 Å². The SMILES string of the molecule is C=CCN(CC(=O)Nc1cc(C)on1)S(=O)(=O)c1ccccc1. The van der Waals surface area contributed by atoms with Crippen LogP contribution >= 0.6 is 0 Å². The maximum Gasteiger partial charge on any atom is 0.243 e. The number of carbonyl (C=O) groups excluding carboxylic acids is 1. The minimum Gasteiger partial charge on any atom is -0.360 e. The highest BCUT2D eigenvalue weighted by Crippen LogP contribution is 2.15. The second-order valence-electron chi connectivity index (χ2n) is 4.77. The number of nitrogens with one attached hydrogen (secondary N) is 1. The summed E-state index contributed by atoms with van der Waals surface area (Å²) in [5.74, 6) is 0.267.